The van der Waals surface area contributed by atoms with Crippen LogP contribution in [0.1, 0.15) is 47.0 Å². The van der Waals surface area contributed by atoms with Crippen molar-refractivity contribution in [3.05, 3.63) is 0 Å². The van der Waals surface area contributed by atoms with Crippen molar-refractivity contribution in [1.82, 2.24) is 10.2 Å². The van der Waals surface area contributed by atoms with Gasteiger partial charge in [0.25, 0.3) is 0 Å². The van der Waals surface area contributed by atoms with Crippen LogP contribution >= 0.6 is 0 Å². The van der Waals surface area contributed by atoms with E-state index in [0.29, 0.717) is 0 Å². The molecular weight excluding hydrogens is 184 g/mol. The Hall–Kier alpha value is -0.0800. The van der Waals surface area contributed by atoms with E-state index in [4.69, 9.17) is 0 Å². The van der Waals surface area contributed by atoms with Crippen LogP contribution in [0, 0.1) is 5.92 Å². The van der Waals surface area contributed by atoms with Gasteiger partial charge < -0.3 is 10.2 Å². The molecule has 1 atom stereocenters. The molecule has 0 bridgehead atoms. The summed E-state index contributed by atoms with van der Waals surface area (Å²) in [6.07, 6.45) is 4.06. The van der Waals surface area contributed by atoms with Crippen LogP contribution in [0.2, 0.25) is 0 Å². The maximum absolute atomic E-state index is 3.65. The zero-order valence-electron chi connectivity index (χ0n) is 11.0. The van der Waals surface area contributed by atoms with E-state index in [1.165, 1.54) is 38.9 Å². The van der Waals surface area contributed by atoms with Crippen molar-refractivity contribution in [1.29, 1.82) is 0 Å². The minimum absolute atomic E-state index is 0.289. The van der Waals surface area contributed by atoms with Gasteiger partial charge in [-0.15, -0.1) is 0 Å². The van der Waals surface area contributed by atoms with Gasteiger partial charge in [0.1, 0.15) is 0 Å². The zero-order valence-corrected chi connectivity index (χ0v) is 11.0. The van der Waals surface area contributed by atoms with Crippen LogP contribution in [-0.2, 0) is 0 Å². The molecule has 1 fully saturated rings. The lowest BCUT2D eigenvalue weighted by molar-refractivity contribution is 0.217. The third-order valence-electron chi connectivity index (χ3n) is 3.20. The Morgan fingerprint density at radius 3 is 2.73 bits per heavy atom. The molecule has 0 amide bonds. The van der Waals surface area contributed by atoms with Gasteiger partial charge in [0, 0.05) is 18.6 Å². The van der Waals surface area contributed by atoms with Gasteiger partial charge in [-0.2, -0.15) is 0 Å². The van der Waals surface area contributed by atoms with Crippen LogP contribution < -0.4 is 5.32 Å². The van der Waals surface area contributed by atoms with Gasteiger partial charge in [0.2, 0.25) is 0 Å². The third-order valence-corrected chi connectivity index (χ3v) is 3.20. The van der Waals surface area contributed by atoms with Gasteiger partial charge in [0.05, 0.1) is 0 Å². The highest BCUT2D eigenvalue weighted by Gasteiger charge is 2.26. The molecule has 1 rings (SSSR count). The van der Waals surface area contributed by atoms with Crippen LogP contribution in [0.25, 0.3) is 0 Å². The summed E-state index contributed by atoms with van der Waals surface area (Å²) in [5.74, 6) is 0.786. The monoisotopic (exact) mass is 212 g/mol. The molecule has 0 radical (unpaired) electrons. The molecule has 0 saturated carbocycles. The van der Waals surface area contributed by atoms with Crippen molar-refractivity contribution in [3.8, 4) is 0 Å². The van der Waals surface area contributed by atoms with Crippen LogP contribution in [0.3, 0.4) is 0 Å². The smallest absolute Gasteiger partial charge is 0.0252 e. The Morgan fingerprint density at radius 1 is 1.33 bits per heavy atom. The zero-order chi connectivity index (χ0) is 11.3. The number of rotatable bonds is 4. The van der Waals surface area contributed by atoms with Crippen molar-refractivity contribution in [2.75, 3.05) is 26.2 Å². The average Bonchev–Trinajstić information content (AvgIpc) is 2.26. The fourth-order valence-corrected chi connectivity index (χ4v) is 2.39. The number of hydrogen-bond donors (Lipinski definition) is 1. The number of hydrogen-bond acceptors (Lipinski definition) is 2. The molecule has 1 heterocycles. The van der Waals surface area contributed by atoms with Crippen molar-refractivity contribution in [3.63, 3.8) is 0 Å². The van der Waals surface area contributed by atoms with E-state index in [1.54, 1.807) is 0 Å². The molecule has 0 aliphatic carbocycles. The van der Waals surface area contributed by atoms with E-state index in [1.807, 2.05) is 0 Å². The first kappa shape index (κ1) is 13.0. The predicted molar refractivity (Wildman–Crippen MR) is 67.2 cm³/mol. The lowest BCUT2D eigenvalue weighted by Crippen LogP contribution is -2.46. The summed E-state index contributed by atoms with van der Waals surface area (Å²) in [4.78, 5) is 2.64. The van der Waals surface area contributed by atoms with Crippen molar-refractivity contribution in [2.45, 2.75) is 52.5 Å². The summed E-state index contributed by atoms with van der Waals surface area (Å²) >= 11 is 0. The SMILES string of the molecule is CCCCCN1CC(C)CNC(C)(C)C1. The Bertz CT molecular complexity index is 177. The maximum Gasteiger partial charge on any atom is 0.0252 e. The van der Waals surface area contributed by atoms with Crippen molar-refractivity contribution >= 4 is 0 Å². The highest BCUT2D eigenvalue weighted by atomic mass is 15.2. The van der Waals surface area contributed by atoms with Crippen LogP contribution in [0.4, 0.5) is 0 Å². The predicted octanol–water partition coefficient (Wildman–Crippen LogP) is 2.50. The molecular formula is C13H28N2. The lowest BCUT2D eigenvalue weighted by atomic mass is 10.1. The highest BCUT2D eigenvalue weighted by Crippen LogP contribution is 2.14. The lowest BCUT2D eigenvalue weighted by Gasteiger charge is -2.30. The van der Waals surface area contributed by atoms with Gasteiger partial charge in [-0.25, -0.2) is 0 Å². The summed E-state index contributed by atoms with van der Waals surface area (Å²) < 4.78 is 0. The summed E-state index contributed by atoms with van der Waals surface area (Å²) in [6, 6.07) is 0. The summed E-state index contributed by atoms with van der Waals surface area (Å²) in [5, 5.41) is 3.65. The molecule has 0 aromatic carbocycles. The van der Waals surface area contributed by atoms with E-state index in [-0.39, 0.29) is 5.54 Å². The fourth-order valence-electron chi connectivity index (χ4n) is 2.39. The first-order valence-corrected chi connectivity index (χ1v) is 6.51. The van der Waals surface area contributed by atoms with Gasteiger partial charge in [0.15, 0.2) is 0 Å². The first-order valence-electron chi connectivity index (χ1n) is 6.51. The van der Waals surface area contributed by atoms with Crippen LogP contribution in [0.5, 0.6) is 0 Å². The molecule has 0 aromatic rings. The molecule has 0 spiro atoms. The molecule has 1 aliphatic rings. The summed E-state index contributed by atoms with van der Waals surface area (Å²) in [7, 11) is 0. The molecule has 90 valence electrons. The maximum atomic E-state index is 3.65. The van der Waals surface area contributed by atoms with Crippen LogP contribution in [0.15, 0.2) is 0 Å². The molecule has 1 saturated heterocycles. The molecule has 2 heteroatoms. The molecule has 1 unspecified atom stereocenters. The minimum Gasteiger partial charge on any atom is -0.310 e. The van der Waals surface area contributed by atoms with E-state index >= 15 is 0 Å². The van der Waals surface area contributed by atoms with E-state index < -0.39 is 0 Å². The number of unbranched alkanes of at least 4 members (excludes halogenated alkanes) is 2. The first-order chi connectivity index (χ1) is 7.03. The normalized spacial score (nSPS) is 27.6. The minimum atomic E-state index is 0.289. The number of nitrogens with one attached hydrogen (secondary N) is 1. The number of nitrogens with zero attached hydrogens (tertiary/aromatic N) is 1. The van der Waals surface area contributed by atoms with E-state index in [9.17, 15) is 0 Å². The second kappa shape index (κ2) is 5.86. The molecule has 15 heavy (non-hydrogen) atoms. The fraction of sp³-hybridized carbons (Fsp3) is 1.00. The Balaban J connectivity index is 2.39. The second-order valence-corrected chi connectivity index (χ2v) is 5.81. The average molecular weight is 212 g/mol. The molecule has 0 aromatic heterocycles. The van der Waals surface area contributed by atoms with E-state index in [2.05, 4.69) is 37.9 Å². The van der Waals surface area contributed by atoms with Crippen molar-refractivity contribution in [2.24, 2.45) is 5.92 Å². The summed E-state index contributed by atoms with van der Waals surface area (Å²) in [6.45, 7) is 14.2. The van der Waals surface area contributed by atoms with Crippen LogP contribution in [-0.4, -0.2) is 36.6 Å². The highest BCUT2D eigenvalue weighted by molar-refractivity contribution is 4.86. The largest absolute Gasteiger partial charge is 0.310 e. The Morgan fingerprint density at radius 2 is 2.07 bits per heavy atom. The van der Waals surface area contributed by atoms with Gasteiger partial charge >= 0.3 is 0 Å². The Labute approximate surface area is 95.4 Å². The molecule has 1 N–H and O–H groups in total. The van der Waals surface area contributed by atoms with Gasteiger partial charge in [-0.05, 0) is 39.3 Å². The van der Waals surface area contributed by atoms with Gasteiger partial charge in [-0.1, -0.05) is 26.7 Å². The topological polar surface area (TPSA) is 15.3 Å². The molecule has 2 nitrogen and oxygen atoms in total. The molecule has 1 aliphatic heterocycles. The Kier molecular flexibility index (Phi) is 5.07. The standard InChI is InChI=1S/C13H28N2/c1-5-6-7-8-15-10-12(2)9-14-13(3,4)11-15/h12,14H,5-11H2,1-4H3. The van der Waals surface area contributed by atoms with E-state index in [0.717, 1.165) is 12.5 Å². The third kappa shape index (κ3) is 4.98. The second-order valence-electron chi connectivity index (χ2n) is 5.81. The van der Waals surface area contributed by atoms with Gasteiger partial charge in [-0.3, -0.25) is 0 Å². The summed E-state index contributed by atoms with van der Waals surface area (Å²) in [5.41, 5.74) is 0.289. The van der Waals surface area contributed by atoms with Crippen molar-refractivity contribution < 1.29 is 0 Å². The quantitative estimate of drug-likeness (QED) is 0.720.